The van der Waals surface area contributed by atoms with Gasteiger partial charge in [-0.15, -0.1) is 0 Å². The van der Waals surface area contributed by atoms with Gasteiger partial charge in [-0.1, -0.05) is 60.7 Å². The molecule has 0 radical (unpaired) electrons. The first-order valence-corrected chi connectivity index (χ1v) is 7.36. The summed E-state index contributed by atoms with van der Waals surface area (Å²) in [6.07, 6.45) is 0. The Balaban J connectivity index is 2.40. The molecule has 2 aromatic carbocycles. The summed E-state index contributed by atoms with van der Waals surface area (Å²) in [5.74, 6) is -2.56. The van der Waals surface area contributed by atoms with Crippen LogP contribution in [-0.4, -0.2) is 28.7 Å². The molecule has 0 N–H and O–H groups in total. The number of nitrogens with zero attached hydrogens (tertiary/aromatic N) is 2. The van der Waals surface area contributed by atoms with Gasteiger partial charge in [-0.2, -0.15) is 0 Å². The van der Waals surface area contributed by atoms with E-state index in [1.54, 1.807) is 60.7 Å². The zero-order chi connectivity index (χ0) is 17.5. The van der Waals surface area contributed by atoms with Crippen molar-refractivity contribution in [2.75, 3.05) is 13.1 Å². The molecule has 0 bridgehead atoms. The van der Waals surface area contributed by atoms with E-state index in [9.17, 15) is 25.0 Å². The Hall–Kier alpha value is -3.09. The quantitative estimate of drug-likeness (QED) is 0.547. The van der Waals surface area contributed by atoms with Crippen LogP contribution in [0.4, 0.5) is 0 Å². The monoisotopic (exact) mass is 328 g/mol. The number of nitro groups is 2. The van der Waals surface area contributed by atoms with Crippen LogP contribution in [0.25, 0.3) is 0 Å². The van der Waals surface area contributed by atoms with Crippen LogP contribution in [-0.2, 0) is 4.79 Å². The molecule has 0 heterocycles. The number of Topliss-reactive ketones (excluding diaryl/α,β-unsaturated/α-hetero) is 1. The largest absolute Gasteiger partial charge is 0.298 e. The fraction of sp³-hybridized carbons (Fsp3) is 0.235. The molecule has 0 saturated heterocycles. The van der Waals surface area contributed by atoms with Gasteiger partial charge >= 0.3 is 0 Å². The molecule has 124 valence electrons. The van der Waals surface area contributed by atoms with Crippen molar-refractivity contribution in [3.8, 4) is 0 Å². The van der Waals surface area contributed by atoms with Gasteiger partial charge in [0.25, 0.3) is 0 Å². The van der Waals surface area contributed by atoms with Crippen LogP contribution in [0.2, 0.25) is 0 Å². The zero-order valence-corrected chi connectivity index (χ0v) is 12.8. The van der Waals surface area contributed by atoms with Gasteiger partial charge in [0.2, 0.25) is 13.1 Å². The minimum atomic E-state index is -1.02. The molecule has 2 atom stereocenters. The summed E-state index contributed by atoms with van der Waals surface area (Å²) in [6, 6.07) is 16.7. The van der Waals surface area contributed by atoms with Crippen molar-refractivity contribution < 1.29 is 14.6 Å². The van der Waals surface area contributed by atoms with Crippen LogP contribution in [0.1, 0.15) is 23.0 Å². The minimum absolute atomic E-state index is 0.489. The van der Waals surface area contributed by atoms with Gasteiger partial charge < -0.3 is 0 Å². The average Bonchev–Trinajstić information content (AvgIpc) is 2.58. The molecule has 2 aromatic rings. The van der Waals surface area contributed by atoms with E-state index in [1.165, 1.54) is 0 Å². The first-order chi connectivity index (χ1) is 11.5. The highest BCUT2D eigenvalue weighted by Crippen LogP contribution is 2.27. The number of benzene rings is 2. The normalized spacial score (nSPS) is 13.0. The average molecular weight is 328 g/mol. The molecular weight excluding hydrogens is 312 g/mol. The molecule has 0 amide bonds. The molecule has 2 rings (SSSR count). The van der Waals surface area contributed by atoms with Gasteiger partial charge in [0.15, 0.2) is 5.78 Å². The predicted molar refractivity (Wildman–Crippen MR) is 87.1 cm³/mol. The van der Waals surface area contributed by atoms with Gasteiger partial charge in [0.05, 0.1) is 0 Å². The summed E-state index contributed by atoms with van der Waals surface area (Å²) in [5, 5.41) is 22.0. The summed E-state index contributed by atoms with van der Waals surface area (Å²) >= 11 is 0. The number of hydrogen-bond acceptors (Lipinski definition) is 5. The molecule has 0 aromatic heterocycles. The van der Waals surface area contributed by atoms with Gasteiger partial charge in [0.1, 0.15) is 11.8 Å². The summed E-state index contributed by atoms with van der Waals surface area (Å²) < 4.78 is 0. The van der Waals surface area contributed by atoms with Gasteiger partial charge in [0, 0.05) is 9.85 Å². The fourth-order valence-corrected chi connectivity index (χ4v) is 2.63. The van der Waals surface area contributed by atoms with E-state index in [2.05, 4.69) is 0 Å². The van der Waals surface area contributed by atoms with E-state index in [1.807, 2.05) is 0 Å². The Morgan fingerprint density at radius 3 is 1.38 bits per heavy atom. The van der Waals surface area contributed by atoms with Crippen LogP contribution >= 0.6 is 0 Å². The smallest absolute Gasteiger partial charge is 0.217 e. The second kappa shape index (κ2) is 7.96. The molecular formula is C17H16N2O5. The summed E-state index contributed by atoms with van der Waals surface area (Å²) in [7, 11) is 0. The third-order valence-electron chi connectivity index (χ3n) is 3.75. The molecule has 0 spiro atoms. The lowest BCUT2D eigenvalue weighted by molar-refractivity contribution is -0.484. The van der Waals surface area contributed by atoms with E-state index < -0.39 is 40.6 Å². The predicted octanol–water partition coefficient (Wildman–Crippen LogP) is 2.68. The van der Waals surface area contributed by atoms with E-state index in [0.717, 1.165) is 0 Å². The van der Waals surface area contributed by atoms with Gasteiger partial charge in [-0.25, -0.2) is 0 Å². The van der Waals surface area contributed by atoms with Crippen molar-refractivity contribution in [2.45, 2.75) is 11.8 Å². The number of rotatable bonds is 8. The highest BCUT2D eigenvalue weighted by Gasteiger charge is 2.35. The van der Waals surface area contributed by atoms with Crippen LogP contribution < -0.4 is 0 Å². The van der Waals surface area contributed by atoms with E-state index >= 15 is 0 Å². The Kier molecular flexibility index (Phi) is 5.73. The van der Waals surface area contributed by atoms with Crippen molar-refractivity contribution in [1.82, 2.24) is 0 Å². The summed E-state index contributed by atoms with van der Waals surface area (Å²) in [4.78, 5) is 33.8. The van der Waals surface area contributed by atoms with E-state index in [0.29, 0.717) is 11.1 Å². The number of ketones is 1. The molecule has 24 heavy (non-hydrogen) atoms. The Labute approximate surface area is 138 Å². The Bertz CT molecular complexity index is 657. The van der Waals surface area contributed by atoms with Crippen molar-refractivity contribution in [2.24, 2.45) is 0 Å². The standard InChI is InChI=1S/C17H16N2O5/c20-17(15(11-18(21)22)13-7-3-1-4-8-13)16(12-19(23)24)14-9-5-2-6-10-14/h1-10,15-16H,11-12H2. The lowest BCUT2D eigenvalue weighted by Crippen LogP contribution is -2.30. The second-order valence-electron chi connectivity index (χ2n) is 5.36. The molecule has 0 saturated carbocycles. The number of carbonyl (C=O) groups excluding carboxylic acids is 1. The van der Waals surface area contributed by atoms with Gasteiger partial charge in [-0.05, 0) is 11.1 Å². The molecule has 2 unspecified atom stereocenters. The lowest BCUT2D eigenvalue weighted by Gasteiger charge is -2.18. The molecule has 7 nitrogen and oxygen atoms in total. The molecule has 0 aliphatic carbocycles. The van der Waals surface area contributed by atoms with Crippen molar-refractivity contribution in [3.05, 3.63) is 92.0 Å². The maximum Gasteiger partial charge on any atom is 0.217 e. The number of carbonyl (C=O) groups is 1. The van der Waals surface area contributed by atoms with Crippen LogP contribution in [0.15, 0.2) is 60.7 Å². The summed E-state index contributed by atoms with van der Waals surface area (Å²) in [6.45, 7) is -1.19. The minimum Gasteiger partial charge on any atom is -0.298 e. The topological polar surface area (TPSA) is 103 Å². The first kappa shape index (κ1) is 17.3. The highest BCUT2D eigenvalue weighted by molar-refractivity contribution is 5.92. The highest BCUT2D eigenvalue weighted by atomic mass is 16.6. The van der Waals surface area contributed by atoms with Crippen LogP contribution in [0, 0.1) is 20.2 Å². The van der Waals surface area contributed by atoms with E-state index in [-0.39, 0.29) is 0 Å². The third kappa shape index (κ3) is 4.45. The van der Waals surface area contributed by atoms with E-state index in [4.69, 9.17) is 0 Å². The maximum absolute atomic E-state index is 12.9. The fourth-order valence-electron chi connectivity index (χ4n) is 2.63. The maximum atomic E-state index is 12.9. The van der Waals surface area contributed by atoms with Gasteiger partial charge in [-0.3, -0.25) is 25.0 Å². The molecule has 0 fully saturated rings. The SMILES string of the molecule is O=C(C(C[N+](=O)[O-])c1ccccc1)C(C[N+](=O)[O-])c1ccccc1. The number of hydrogen-bond donors (Lipinski definition) is 0. The molecule has 7 heteroatoms. The van der Waals surface area contributed by atoms with Crippen LogP contribution in [0.5, 0.6) is 0 Å². The molecule has 0 aliphatic heterocycles. The van der Waals surface area contributed by atoms with Crippen molar-refractivity contribution in [3.63, 3.8) is 0 Å². The lowest BCUT2D eigenvalue weighted by atomic mass is 9.83. The zero-order valence-electron chi connectivity index (χ0n) is 12.8. The second-order valence-corrected chi connectivity index (χ2v) is 5.36. The van der Waals surface area contributed by atoms with Crippen molar-refractivity contribution in [1.29, 1.82) is 0 Å². The summed E-state index contributed by atoms with van der Waals surface area (Å²) in [5.41, 5.74) is 0.979. The Morgan fingerprint density at radius 1 is 0.750 bits per heavy atom. The van der Waals surface area contributed by atoms with Crippen LogP contribution in [0.3, 0.4) is 0 Å². The first-order valence-electron chi connectivity index (χ1n) is 7.36. The third-order valence-corrected chi connectivity index (χ3v) is 3.75. The molecule has 0 aliphatic rings. The van der Waals surface area contributed by atoms with Crippen molar-refractivity contribution >= 4 is 5.78 Å². The Morgan fingerprint density at radius 2 is 1.08 bits per heavy atom.